The van der Waals surface area contributed by atoms with Crippen LogP contribution in [0.25, 0.3) is 10.9 Å². The van der Waals surface area contributed by atoms with Crippen LogP contribution in [-0.2, 0) is 14.3 Å². The number of aliphatic imine (C=N–C) groups is 1. The predicted octanol–water partition coefficient (Wildman–Crippen LogP) is 0.545. The summed E-state index contributed by atoms with van der Waals surface area (Å²) < 4.78 is 10.7. The summed E-state index contributed by atoms with van der Waals surface area (Å²) in [4.78, 5) is 13.1. The van der Waals surface area contributed by atoms with Gasteiger partial charge in [-0.25, -0.2) is 4.99 Å². The molecule has 0 bridgehead atoms. The number of nitrogens with one attached hydrogen (secondary N) is 1. The summed E-state index contributed by atoms with van der Waals surface area (Å²) in [6.45, 7) is -0.642. The van der Waals surface area contributed by atoms with Gasteiger partial charge in [0, 0.05) is 16.5 Å². The lowest BCUT2D eigenvalue weighted by Gasteiger charge is -2.39. The molecule has 3 heterocycles. The average Bonchev–Trinajstić information content (AvgIpc) is 3.39. The van der Waals surface area contributed by atoms with Crippen LogP contribution in [-0.4, -0.2) is 92.5 Å². The molecule has 0 amide bonds. The second-order valence-corrected chi connectivity index (χ2v) is 8.21. The average molecular weight is 483 g/mol. The van der Waals surface area contributed by atoms with Crippen molar-refractivity contribution in [1.29, 1.82) is 0 Å². The van der Waals surface area contributed by atoms with E-state index < -0.39 is 37.3 Å². The van der Waals surface area contributed by atoms with Crippen LogP contribution in [0.4, 0.5) is 5.69 Å². The number of benzene rings is 2. The zero-order chi connectivity index (χ0) is 24.5. The summed E-state index contributed by atoms with van der Waals surface area (Å²) >= 11 is 0. The molecule has 5 atom stereocenters. The van der Waals surface area contributed by atoms with Crippen LogP contribution >= 0.6 is 0 Å². The van der Waals surface area contributed by atoms with Crippen molar-refractivity contribution in [3.8, 4) is 5.88 Å². The van der Waals surface area contributed by atoms with E-state index in [0.717, 1.165) is 16.5 Å². The zero-order valence-electron chi connectivity index (χ0n) is 18.5. The van der Waals surface area contributed by atoms with Crippen LogP contribution in [0.3, 0.4) is 0 Å². The molecule has 1 saturated heterocycles. The van der Waals surface area contributed by atoms with Gasteiger partial charge in [-0.2, -0.15) is 0 Å². The first-order valence-corrected chi connectivity index (χ1v) is 11.1. The molecule has 2 aliphatic heterocycles. The Hall–Kier alpha value is -3.32. The number of fused-ring (bicyclic) bond motifs is 2. The van der Waals surface area contributed by atoms with Crippen molar-refractivity contribution in [3.05, 3.63) is 59.7 Å². The highest BCUT2D eigenvalue weighted by Crippen LogP contribution is 2.35. The Bertz CT molecular complexity index is 1270. The Labute approximate surface area is 199 Å². The Morgan fingerprint density at radius 1 is 0.971 bits per heavy atom. The fraction of sp³-hybridized carbons (Fsp3) is 0.333. The van der Waals surface area contributed by atoms with Gasteiger partial charge in [0.25, 0.3) is 0 Å². The maximum absolute atomic E-state index is 10.6. The van der Waals surface area contributed by atoms with Gasteiger partial charge in [0.15, 0.2) is 12.2 Å². The van der Waals surface area contributed by atoms with Crippen LogP contribution in [0.2, 0.25) is 0 Å². The number of hydrogen-bond acceptors (Lipinski definition) is 10. The van der Waals surface area contributed by atoms with E-state index in [9.17, 15) is 25.5 Å². The third-order valence-electron chi connectivity index (χ3n) is 6.00. The molecule has 2 aromatic carbocycles. The quantitative estimate of drug-likeness (QED) is 0.209. The molecular weight excluding hydrogens is 458 g/mol. The Morgan fingerprint density at radius 2 is 1.74 bits per heavy atom. The lowest BCUT2D eigenvalue weighted by Crippen LogP contribution is -2.59. The smallest absolute Gasteiger partial charge is 0.199 e. The van der Waals surface area contributed by atoms with Gasteiger partial charge in [-0.15, -0.1) is 0 Å². The van der Waals surface area contributed by atoms with Gasteiger partial charge in [0.05, 0.1) is 24.5 Å². The van der Waals surface area contributed by atoms with Crippen LogP contribution in [0.1, 0.15) is 11.1 Å². The van der Waals surface area contributed by atoms with Crippen molar-refractivity contribution in [2.75, 3.05) is 19.8 Å². The van der Waals surface area contributed by atoms with Gasteiger partial charge in [0.2, 0.25) is 0 Å². The third kappa shape index (κ3) is 4.29. The van der Waals surface area contributed by atoms with Crippen molar-refractivity contribution in [2.45, 2.75) is 30.7 Å². The minimum atomic E-state index is -1.52. The van der Waals surface area contributed by atoms with Crippen molar-refractivity contribution >= 4 is 28.0 Å². The van der Waals surface area contributed by atoms with E-state index >= 15 is 0 Å². The monoisotopic (exact) mass is 483 g/mol. The summed E-state index contributed by atoms with van der Waals surface area (Å²) in [5.74, 6) is -0.0311. The normalized spacial score (nSPS) is 27.3. The maximum atomic E-state index is 10.6. The molecule has 5 rings (SSSR count). The Morgan fingerprint density at radius 3 is 2.57 bits per heavy atom. The van der Waals surface area contributed by atoms with E-state index in [1.165, 1.54) is 0 Å². The minimum Gasteiger partial charge on any atom is -0.494 e. The van der Waals surface area contributed by atoms with Crippen LogP contribution in [0.5, 0.6) is 5.88 Å². The van der Waals surface area contributed by atoms with Crippen LogP contribution in [0.15, 0.2) is 58.7 Å². The van der Waals surface area contributed by atoms with Crippen molar-refractivity contribution in [2.24, 2.45) is 10.1 Å². The molecular formula is C24H25N3O8. The van der Waals surface area contributed by atoms with Crippen LogP contribution < -0.4 is 0 Å². The van der Waals surface area contributed by atoms with Crippen molar-refractivity contribution in [3.63, 3.8) is 0 Å². The number of H-pyrrole nitrogens is 1. The fourth-order valence-corrected chi connectivity index (χ4v) is 4.22. The highest BCUT2D eigenvalue weighted by atomic mass is 16.7. The van der Waals surface area contributed by atoms with E-state index in [2.05, 4.69) is 15.1 Å². The summed E-state index contributed by atoms with van der Waals surface area (Å²) in [5, 5.41) is 54.7. The highest BCUT2D eigenvalue weighted by molar-refractivity contribution is 6.58. The largest absolute Gasteiger partial charge is 0.494 e. The molecule has 1 aromatic heterocycles. The lowest BCUT2D eigenvalue weighted by atomic mass is 9.99. The second kappa shape index (κ2) is 9.74. The van der Waals surface area contributed by atoms with Crippen LogP contribution in [0, 0.1) is 0 Å². The maximum Gasteiger partial charge on any atom is 0.199 e. The molecule has 5 unspecified atom stereocenters. The first-order valence-electron chi connectivity index (χ1n) is 11.1. The Balaban J connectivity index is 1.31. The number of aromatic hydroxyl groups is 1. The van der Waals surface area contributed by atoms with Crippen molar-refractivity contribution < 1.29 is 39.8 Å². The van der Waals surface area contributed by atoms with Gasteiger partial charge < -0.3 is 44.8 Å². The number of aromatic amines is 1. The zero-order valence-corrected chi connectivity index (χ0v) is 18.5. The number of para-hydroxylation sites is 2. The third-order valence-corrected chi connectivity index (χ3v) is 6.00. The molecule has 0 spiro atoms. The first kappa shape index (κ1) is 23.4. The SMILES string of the molecule is OCC1OC(OCCO/N=C2/C(c3c(O)[nH]c4ccccc34)=Nc3ccccc32)C(O)C(O)C1O. The van der Waals surface area contributed by atoms with Gasteiger partial charge in [-0.05, 0) is 12.1 Å². The molecule has 11 nitrogen and oxygen atoms in total. The second-order valence-electron chi connectivity index (χ2n) is 8.21. The minimum absolute atomic E-state index is 0.0311. The van der Waals surface area contributed by atoms with Gasteiger partial charge in [0.1, 0.15) is 42.4 Å². The Kier molecular flexibility index (Phi) is 6.52. The standard InChI is InChI=1S/C24H25N3O8/c28-11-16-20(29)21(30)22(31)24(35-16)33-9-10-34-27-18-13-6-2-4-8-15(13)25-19(18)17-12-5-1-3-7-14(12)26-23(17)32/h1-8,16,20-22,24,26,28-32H,9-11H2/b27-18+. The topological polar surface area (TPSA) is 169 Å². The number of hydrogen-bond donors (Lipinski definition) is 6. The summed E-state index contributed by atoms with van der Waals surface area (Å²) in [6.07, 6.45) is -6.79. The number of nitrogens with zero attached hydrogens (tertiary/aromatic N) is 2. The highest BCUT2D eigenvalue weighted by Gasteiger charge is 2.44. The van der Waals surface area contributed by atoms with Gasteiger partial charge in [-0.1, -0.05) is 41.6 Å². The number of rotatable bonds is 7. The van der Waals surface area contributed by atoms with E-state index in [4.69, 9.17) is 14.3 Å². The molecule has 35 heavy (non-hydrogen) atoms. The summed E-state index contributed by atoms with van der Waals surface area (Å²) in [7, 11) is 0. The van der Waals surface area contributed by atoms with E-state index in [1.807, 2.05) is 48.5 Å². The lowest BCUT2D eigenvalue weighted by molar-refractivity contribution is -0.302. The number of aliphatic hydroxyl groups is 4. The molecule has 3 aromatic rings. The van der Waals surface area contributed by atoms with Crippen molar-refractivity contribution in [1.82, 2.24) is 4.98 Å². The van der Waals surface area contributed by atoms with E-state index in [0.29, 0.717) is 22.7 Å². The summed E-state index contributed by atoms with van der Waals surface area (Å²) in [6, 6.07) is 14.9. The predicted molar refractivity (Wildman–Crippen MR) is 125 cm³/mol. The fourth-order valence-electron chi connectivity index (χ4n) is 4.22. The van der Waals surface area contributed by atoms with Gasteiger partial charge in [-0.3, -0.25) is 0 Å². The number of aromatic nitrogens is 1. The molecule has 2 aliphatic rings. The number of aliphatic hydroxyl groups excluding tert-OH is 4. The molecule has 1 fully saturated rings. The molecule has 184 valence electrons. The molecule has 6 N–H and O–H groups in total. The van der Waals surface area contributed by atoms with Gasteiger partial charge >= 0.3 is 0 Å². The van der Waals surface area contributed by atoms with E-state index in [1.54, 1.807) is 0 Å². The number of oxime groups is 1. The molecule has 0 radical (unpaired) electrons. The first-order chi connectivity index (χ1) is 17.0. The summed E-state index contributed by atoms with van der Waals surface area (Å²) in [5.41, 5.74) is 3.59. The molecule has 0 aliphatic carbocycles. The van der Waals surface area contributed by atoms with E-state index in [-0.39, 0.29) is 19.1 Å². The molecule has 0 saturated carbocycles. The number of ether oxygens (including phenoxy) is 2. The molecule has 11 heteroatoms.